The summed E-state index contributed by atoms with van der Waals surface area (Å²) in [7, 11) is 0. The zero-order valence-corrected chi connectivity index (χ0v) is 19.9. The molecule has 1 aliphatic carbocycles. The minimum absolute atomic E-state index is 0.306. The van der Waals surface area contributed by atoms with Crippen LogP contribution in [0.4, 0.5) is 0 Å². The average Bonchev–Trinajstić information content (AvgIpc) is 3.57. The molecule has 2 heterocycles. The highest BCUT2D eigenvalue weighted by Gasteiger charge is 2.46. The summed E-state index contributed by atoms with van der Waals surface area (Å²) < 4.78 is 0.306. The number of likely N-dealkylation sites (tertiary alicyclic amines) is 1. The first-order chi connectivity index (χ1) is 15.9. The molecule has 1 spiro atoms. The maximum Gasteiger partial charge on any atom is 0.328 e. The van der Waals surface area contributed by atoms with Crippen LogP contribution in [-0.4, -0.2) is 46.7 Å². The molecule has 2 aromatic rings. The zero-order valence-electron chi connectivity index (χ0n) is 18.3. The van der Waals surface area contributed by atoms with E-state index in [0.29, 0.717) is 22.1 Å². The van der Waals surface area contributed by atoms with Crippen LogP contribution in [0.2, 0.25) is 5.02 Å². The Morgan fingerprint density at radius 1 is 1.00 bits per heavy atom. The predicted octanol–water partition coefficient (Wildman–Crippen LogP) is 5.59. The van der Waals surface area contributed by atoms with Crippen molar-refractivity contribution in [3.05, 3.63) is 82.4 Å². The van der Waals surface area contributed by atoms with E-state index in [2.05, 4.69) is 53.1 Å². The summed E-state index contributed by atoms with van der Waals surface area (Å²) in [5, 5.41) is 16.9. The number of nitrogens with zero attached hydrogens (tertiary/aromatic N) is 1. The number of fused-ring (bicyclic) bond motifs is 2. The van der Waals surface area contributed by atoms with E-state index in [1.165, 1.54) is 56.4 Å². The van der Waals surface area contributed by atoms with Gasteiger partial charge in [-0.05, 0) is 73.5 Å². The Labute approximate surface area is 203 Å². The average molecular weight is 486 g/mol. The second kappa shape index (κ2) is 10.3. The van der Waals surface area contributed by atoms with E-state index in [4.69, 9.17) is 21.8 Å². The first kappa shape index (κ1) is 23.9. The molecule has 2 aromatic carbocycles. The molecule has 5 rings (SSSR count). The van der Waals surface area contributed by atoms with Gasteiger partial charge in [-0.25, -0.2) is 9.59 Å². The molecule has 2 N–H and O–H groups in total. The summed E-state index contributed by atoms with van der Waals surface area (Å²) in [4.78, 5) is 21.8. The van der Waals surface area contributed by atoms with Gasteiger partial charge in [0.15, 0.2) is 0 Å². The van der Waals surface area contributed by atoms with E-state index in [0.717, 1.165) is 10.9 Å². The van der Waals surface area contributed by atoms with Gasteiger partial charge in [-0.3, -0.25) is 0 Å². The van der Waals surface area contributed by atoms with Gasteiger partial charge in [0, 0.05) is 28.5 Å². The van der Waals surface area contributed by atoms with Crippen LogP contribution in [0, 0.1) is 5.92 Å². The number of hydrogen-bond donors (Lipinski definition) is 2. The van der Waals surface area contributed by atoms with Crippen molar-refractivity contribution in [2.45, 2.75) is 35.7 Å². The van der Waals surface area contributed by atoms with E-state index >= 15 is 0 Å². The monoisotopic (exact) mass is 485 g/mol. The normalized spacial score (nSPS) is 21.4. The van der Waals surface area contributed by atoms with E-state index in [-0.39, 0.29) is 0 Å². The molecule has 5 nitrogen and oxygen atoms in total. The number of carboxylic acid groups (broad SMARTS) is 2. The van der Waals surface area contributed by atoms with Crippen LogP contribution < -0.4 is 0 Å². The first-order valence-corrected chi connectivity index (χ1v) is 12.5. The van der Waals surface area contributed by atoms with Gasteiger partial charge in [-0.15, -0.1) is 11.8 Å². The van der Waals surface area contributed by atoms with Crippen molar-refractivity contribution in [3.63, 3.8) is 0 Å². The Morgan fingerprint density at radius 2 is 1.61 bits per heavy atom. The summed E-state index contributed by atoms with van der Waals surface area (Å²) in [5.74, 6) is -1.51. The molecule has 2 fully saturated rings. The second-order valence-corrected chi connectivity index (χ2v) is 10.8. The fraction of sp³-hybridized carbons (Fsp3) is 0.385. The predicted molar refractivity (Wildman–Crippen MR) is 132 cm³/mol. The fourth-order valence-electron chi connectivity index (χ4n) is 4.67. The molecule has 0 radical (unpaired) electrons. The van der Waals surface area contributed by atoms with Crippen molar-refractivity contribution in [2.75, 3.05) is 19.6 Å². The van der Waals surface area contributed by atoms with Gasteiger partial charge in [-0.1, -0.05) is 48.0 Å². The molecule has 1 saturated carbocycles. The summed E-state index contributed by atoms with van der Waals surface area (Å²) >= 11 is 8.30. The minimum atomic E-state index is -1.26. The number of thioether (sulfide) groups is 1. The Balaban J connectivity index is 0.000000281. The standard InChI is InChI=1S/C22H24ClNS.C4H4O4/c23-18-9-7-17(8-10-18)21-19-3-1-2-4-20(19)22(25-21)11-13-24(14-12-22)15-16-5-6-16;5-3(6)1-2-4(7)8/h1-4,7-10,16,21H,5-6,11-15H2;1-2H,(H,5,6)(H,7,8)/b;2-1-. The highest BCUT2D eigenvalue weighted by molar-refractivity contribution is 8.01. The SMILES string of the molecule is Clc1ccc(C2SC3(CCN(CC4CC4)CC3)c3ccccc32)cc1.O=C(O)/C=C\C(=O)O. The number of carbonyl (C=O) groups is 2. The highest BCUT2D eigenvalue weighted by Crippen LogP contribution is 2.61. The quantitative estimate of drug-likeness (QED) is 0.537. The number of hydrogen-bond acceptors (Lipinski definition) is 4. The molecule has 1 unspecified atom stereocenters. The largest absolute Gasteiger partial charge is 0.478 e. The molecular formula is C26H28ClNO4S. The van der Waals surface area contributed by atoms with Gasteiger partial charge in [0.1, 0.15) is 0 Å². The number of halogens is 1. The second-order valence-electron chi connectivity index (χ2n) is 8.88. The summed E-state index contributed by atoms with van der Waals surface area (Å²) in [6.45, 7) is 3.85. The lowest BCUT2D eigenvalue weighted by Crippen LogP contribution is -2.40. The molecule has 3 aliphatic rings. The lowest BCUT2D eigenvalue weighted by atomic mass is 9.84. The lowest BCUT2D eigenvalue weighted by molar-refractivity contribution is -0.134. The Kier molecular flexibility index (Phi) is 7.47. The summed E-state index contributed by atoms with van der Waals surface area (Å²) in [6, 6.07) is 17.6. The van der Waals surface area contributed by atoms with Crippen LogP contribution in [0.3, 0.4) is 0 Å². The van der Waals surface area contributed by atoms with Crippen LogP contribution in [0.15, 0.2) is 60.7 Å². The third kappa shape index (κ3) is 5.99. The molecule has 1 atom stereocenters. The van der Waals surface area contributed by atoms with Crippen molar-refractivity contribution in [3.8, 4) is 0 Å². The first-order valence-electron chi connectivity index (χ1n) is 11.3. The van der Waals surface area contributed by atoms with Crippen LogP contribution in [0.25, 0.3) is 0 Å². The molecule has 0 amide bonds. The molecule has 1 saturated heterocycles. The smallest absolute Gasteiger partial charge is 0.328 e. The van der Waals surface area contributed by atoms with Crippen molar-refractivity contribution in [1.82, 2.24) is 4.90 Å². The van der Waals surface area contributed by atoms with Crippen molar-refractivity contribution in [2.24, 2.45) is 5.92 Å². The van der Waals surface area contributed by atoms with E-state index in [1.807, 2.05) is 12.1 Å². The van der Waals surface area contributed by atoms with Crippen molar-refractivity contribution >= 4 is 35.3 Å². The van der Waals surface area contributed by atoms with Gasteiger partial charge in [0.25, 0.3) is 0 Å². The van der Waals surface area contributed by atoms with E-state index in [9.17, 15) is 9.59 Å². The van der Waals surface area contributed by atoms with Gasteiger partial charge in [-0.2, -0.15) is 0 Å². The van der Waals surface area contributed by atoms with Crippen LogP contribution >= 0.6 is 23.4 Å². The van der Waals surface area contributed by atoms with Crippen LogP contribution in [-0.2, 0) is 14.3 Å². The Bertz CT molecular complexity index is 1010. The van der Waals surface area contributed by atoms with Gasteiger partial charge in [0.2, 0.25) is 0 Å². The zero-order chi connectivity index (χ0) is 23.4. The summed E-state index contributed by atoms with van der Waals surface area (Å²) in [5.41, 5.74) is 4.50. The van der Waals surface area contributed by atoms with Gasteiger partial charge in [0.05, 0.1) is 5.25 Å². The molecular weight excluding hydrogens is 458 g/mol. The van der Waals surface area contributed by atoms with Crippen molar-refractivity contribution < 1.29 is 19.8 Å². The molecule has 33 heavy (non-hydrogen) atoms. The topological polar surface area (TPSA) is 77.8 Å². The maximum absolute atomic E-state index is 9.55. The van der Waals surface area contributed by atoms with E-state index in [1.54, 1.807) is 5.56 Å². The third-order valence-electron chi connectivity index (χ3n) is 6.50. The van der Waals surface area contributed by atoms with E-state index < -0.39 is 11.9 Å². The van der Waals surface area contributed by atoms with Gasteiger partial charge < -0.3 is 15.1 Å². The number of carboxylic acids is 2. The molecule has 7 heteroatoms. The molecule has 0 bridgehead atoms. The van der Waals surface area contributed by atoms with Crippen LogP contribution in [0.5, 0.6) is 0 Å². The minimum Gasteiger partial charge on any atom is -0.478 e. The molecule has 174 valence electrons. The third-order valence-corrected chi connectivity index (χ3v) is 8.59. The number of rotatable bonds is 5. The molecule has 0 aromatic heterocycles. The summed E-state index contributed by atoms with van der Waals surface area (Å²) in [6.07, 6.45) is 6.59. The molecule has 2 aliphatic heterocycles. The lowest BCUT2D eigenvalue weighted by Gasteiger charge is -2.40. The van der Waals surface area contributed by atoms with Crippen molar-refractivity contribution in [1.29, 1.82) is 0 Å². The Hall–Kier alpha value is -2.28. The van der Waals surface area contributed by atoms with Crippen LogP contribution in [0.1, 0.15) is 47.6 Å². The van der Waals surface area contributed by atoms with Gasteiger partial charge >= 0.3 is 11.9 Å². The highest BCUT2D eigenvalue weighted by atomic mass is 35.5. The number of piperidine rings is 1. The maximum atomic E-state index is 9.55. The number of aliphatic carboxylic acids is 2. The number of benzene rings is 2. The Morgan fingerprint density at radius 3 is 2.18 bits per heavy atom. The fourth-order valence-corrected chi connectivity index (χ4v) is 6.60.